The number of aromatic nitrogens is 1. The Balaban J connectivity index is 1.37. The zero-order valence-electron chi connectivity index (χ0n) is 18.8. The van der Waals surface area contributed by atoms with E-state index in [9.17, 15) is 23.6 Å². The van der Waals surface area contributed by atoms with E-state index in [0.717, 1.165) is 12.8 Å². The molecule has 0 unspecified atom stereocenters. The Kier molecular flexibility index (Phi) is 7.64. The van der Waals surface area contributed by atoms with Gasteiger partial charge in [0.25, 0.3) is 0 Å². The summed E-state index contributed by atoms with van der Waals surface area (Å²) >= 11 is 0. The number of hydrogen-bond donors (Lipinski definition) is 4. The van der Waals surface area contributed by atoms with E-state index in [-0.39, 0.29) is 23.2 Å². The molecule has 2 aromatic rings. The van der Waals surface area contributed by atoms with Gasteiger partial charge in [-0.1, -0.05) is 18.2 Å². The highest BCUT2D eigenvalue weighted by molar-refractivity contribution is 5.70. The van der Waals surface area contributed by atoms with Crippen LogP contribution in [0.3, 0.4) is 0 Å². The van der Waals surface area contributed by atoms with Crippen LogP contribution in [0.4, 0.5) is 30.4 Å². The van der Waals surface area contributed by atoms with E-state index >= 15 is 0 Å². The molecule has 8 nitrogen and oxygen atoms in total. The van der Waals surface area contributed by atoms with Gasteiger partial charge in [0.15, 0.2) is 0 Å². The van der Waals surface area contributed by atoms with Gasteiger partial charge in [-0.2, -0.15) is 0 Å². The fourth-order valence-electron chi connectivity index (χ4n) is 4.58. The van der Waals surface area contributed by atoms with Gasteiger partial charge >= 0.3 is 6.36 Å². The van der Waals surface area contributed by atoms with E-state index in [1.165, 1.54) is 56.7 Å². The molecule has 4 rings (SSSR count). The van der Waals surface area contributed by atoms with Gasteiger partial charge in [0.05, 0.1) is 11.9 Å². The van der Waals surface area contributed by atoms with Gasteiger partial charge in [0.2, 0.25) is 0 Å². The van der Waals surface area contributed by atoms with Crippen molar-refractivity contribution in [3.8, 4) is 5.75 Å². The van der Waals surface area contributed by atoms with E-state index in [2.05, 4.69) is 25.3 Å². The molecule has 1 aromatic carbocycles. The third-order valence-corrected chi connectivity index (χ3v) is 6.56. The number of halogens is 3. The average molecular weight is 482 g/mol. The molecular weight excluding hydrogens is 451 g/mol. The topological polar surface area (TPSA) is 93.1 Å². The number of rotatable bonds is 9. The molecule has 0 radical (unpaired) electrons. The SMILES string of the molecule is ON(O)c1cnc(NCc2ccccc2OC(F)(F)F)cc1NCC1CCC(N2CCC2)CC1. The van der Waals surface area contributed by atoms with Gasteiger partial charge in [-0.15, -0.1) is 18.4 Å². The standard InChI is InChI=1S/C23H30F3N5O3/c24-23(25,26)34-21-5-2-1-4-17(21)14-28-22-12-19(20(15-29-22)31(32)33)27-13-16-6-8-18(9-7-16)30-10-3-11-30/h1-2,4-5,12,15-16,18,32-33H,3,6-11,13-14H2,(H2,27,28,29). The quantitative estimate of drug-likeness (QED) is 0.378. The van der Waals surface area contributed by atoms with Crippen LogP contribution < -0.4 is 20.6 Å². The van der Waals surface area contributed by atoms with Crippen molar-refractivity contribution in [2.75, 3.05) is 35.5 Å². The number of alkyl halides is 3. The summed E-state index contributed by atoms with van der Waals surface area (Å²) in [6.45, 7) is 3.14. The van der Waals surface area contributed by atoms with Crippen LogP contribution in [-0.4, -0.2) is 52.3 Å². The molecule has 0 amide bonds. The van der Waals surface area contributed by atoms with Gasteiger partial charge in [-0.3, -0.25) is 10.4 Å². The molecule has 1 saturated heterocycles. The van der Waals surface area contributed by atoms with Crippen molar-refractivity contribution in [2.45, 2.75) is 51.1 Å². The molecule has 11 heteroatoms. The maximum Gasteiger partial charge on any atom is 0.573 e. The highest BCUT2D eigenvalue weighted by Crippen LogP contribution is 2.32. The number of anilines is 3. The summed E-state index contributed by atoms with van der Waals surface area (Å²) in [6.07, 6.45) is 2.36. The number of ether oxygens (including phenoxy) is 1. The Morgan fingerprint density at radius 3 is 2.47 bits per heavy atom. The monoisotopic (exact) mass is 481 g/mol. The number of benzene rings is 1. The highest BCUT2D eigenvalue weighted by Gasteiger charge is 2.32. The van der Waals surface area contributed by atoms with Gasteiger partial charge in [0.1, 0.15) is 17.3 Å². The average Bonchev–Trinajstić information content (AvgIpc) is 2.76. The fraction of sp³-hybridized carbons (Fsp3) is 0.522. The van der Waals surface area contributed by atoms with E-state index in [1.54, 1.807) is 12.1 Å². The lowest BCUT2D eigenvalue weighted by Gasteiger charge is -2.42. The maximum atomic E-state index is 12.7. The molecule has 0 spiro atoms. The zero-order valence-corrected chi connectivity index (χ0v) is 18.8. The molecule has 1 saturated carbocycles. The van der Waals surface area contributed by atoms with Gasteiger partial charge in [-0.05, 0) is 57.2 Å². The van der Waals surface area contributed by atoms with Crippen LogP contribution in [0, 0.1) is 5.92 Å². The van der Waals surface area contributed by atoms with Crippen molar-refractivity contribution < 1.29 is 28.3 Å². The van der Waals surface area contributed by atoms with Crippen molar-refractivity contribution in [1.29, 1.82) is 0 Å². The van der Waals surface area contributed by atoms with Crippen LogP contribution in [0.25, 0.3) is 0 Å². The second-order valence-corrected chi connectivity index (χ2v) is 8.83. The van der Waals surface area contributed by atoms with Crippen molar-refractivity contribution in [3.05, 3.63) is 42.1 Å². The van der Waals surface area contributed by atoms with Gasteiger partial charge in [0, 0.05) is 30.8 Å². The molecule has 34 heavy (non-hydrogen) atoms. The second kappa shape index (κ2) is 10.7. The van der Waals surface area contributed by atoms with Crippen molar-refractivity contribution in [3.63, 3.8) is 0 Å². The molecule has 4 N–H and O–H groups in total. The Labute approximate surface area is 196 Å². The molecule has 1 aliphatic carbocycles. The maximum absolute atomic E-state index is 12.7. The Morgan fingerprint density at radius 2 is 1.82 bits per heavy atom. The lowest BCUT2D eigenvalue weighted by molar-refractivity contribution is -0.274. The summed E-state index contributed by atoms with van der Waals surface area (Å²) in [6, 6.07) is 8.16. The highest BCUT2D eigenvalue weighted by atomic mass is 19.4. The Hall–Kier alpha value is -2.76. The zero-order chi connectivity index (χ0) is 24.1. The molecule has 2 heterocycles. The van der Waals surface area contributed by atoms with Crippen LogP contribution in [0.2, 0.25) is 0 Å². The molecule has 2 aliphatic rings. The van der Waals surface area contributed by atoms with Crippen molar-refractivity contribution in [2.24, 2.45) is 5.92 Å². The van der Waals surface area contributed by atoms with Crippen LogP contribution in [0.1, 0.15) is 37.7 Å². The second-order valence-electron chi connectivity index (χ2n) is 8.83. The third-order valence-electron chi connectivity index (χ3n) is 6.56. The molecular formula is C23H30F3N5O3. The predicted molar refractivity (Wildman–Crippen MR) is 121 cm³/mol. The molecule has 1 aliphatic heterocycles. The number of pyridine rings is 1. The largest absolute Gasteiger partial charge is 0.573 e. The normalized spacial score (nSPS) is 21.0. The number of hydrogen-bond acceptors (Lipinski definition) is 8. The lowest BCUT2D eigenvalue weighted by Crippen LogP contribution is -2.46. The first-order valence-electron chi connectivity index (χ1n) is 11.5. The molecule has 0 bridgehead atoms. The number of nitrogens with zero attached hydrogens (tertiary/aromatic N) is 3. The van der Waals surface area contributed by atoms with E-state index < -0.39 is 6.36 Å². The number of likely N-dealkylation sites (tertiary alicyclic amines) is 1. The summed E-state index contributed by atoms with van der Waals surface area (Å²) in [5, 5.41) is 25.4. The Morgan fingerprint density at radius 1 is 1.09 bits per heavy atom. The summed E-state index contributed by atoms with van der Waals surface area (Å²) in [5.41, 5.74) is 0.859. The van der Waals surface area contributed by atoms with Gasteiger partial charge in [-0.25, -0.2) is 4.98 Å². The smallest absolute Gasteiger partial charge is 0.405 e. The van der Waals surface area contributed by atoms with Gasteiger partial charge < -0.3 is 20.3 Å². The first-order chi connectivity index (χ1) is 16.3. The summed E-state index contributed by atoms with van der Waals surface area (Å²) in [5.74, 6) is 0.562. The van der Waals surface area contributed by atoms with Crippen LogP contribution in [-0.2, 0) is 6.54 Å². The molecule has 186 valence electrons. The van der Waals surface area contributed by atoms with Crippen LogP contribution in [0.5, 0.6) is 5.75 Å². The minimum absolute atomic E-state index is 0.00631. The summed E-state index contributed by atoms with van der Waals surface area (Å²) in [4.78, 5) is 6.69. The van der Waals surface area contributed by atoms with Crippen LogP contribution in [0.15, 0.2) is 36.5 Å². The fourth-order valence-corrected chi connectivity index (χ4v) is 4.58. The van der Waals surface area contributed by atoms with Crippen LogP contribution >= 0.6 is 0 Å². The molecule has 2 fully saturated rings. The molecule has 1 aromatic heterocycles. The van der Waals surface area contributed by atoms with E-state index in [4.69, 9.17) is 0 Å². The number of nitrogens with one attached hydrogen (secondary N) is 2. The number of para-hydroxylation sites is 1. The third kappa shape index (κ3) is 6.43. The van der Waals surface area contributed by atoms with E-state index in [1.807, 2.05) is 0 Å². The molecule has 0 atom stereocenters. The minimum Gasteiger partial charge on any atom is -0.405 e. The summed E-state index contributed by atoms with van der Waals surface area (Å²) < 4.78 is 42.1. The van der Waals surface area contributed by atoms with Crippen molar-refractivity contribution >= 4 is 17.2 Å². The minimum atomic E-state index is -4.78. The first kappa shape index (κ1) is 24.4. The Bertz CT molecular complexity index is 948. The first-order valence-corrected chi connectivity index (χ1v) is 11.5. The lowest BCUT2D eigenvalue weighted by atomic mass is 9.84. The summed E-state index contributed by atoms with van der Waals surface area (Å²) in [7, 11) is 0. The predicted octanol–water partition coefficient (Wildman–Crippen LogP) is 4.85. The van der Waals surface area contributed by atoms with Crippen molar-refractivity contribution in [1.82, 2.24) is 9.88 Å². The van der Waals surface area contributed by atoms with E-state index in [0.29, 0.717) is 35.6 Å².